The van der Waals surface area contributed by atoms with Crippen LogP contribution in [0.2, 0.25) is 0 Å². The molecule has 6 nitrogen and oxygen atoms in total. The highest BCUT2D eigenvalue weighted by Crippen LogP contribution is 2.39. The largest absolute Gasteiger partial charge is 0.448 e. The Kier molecular flexibility index (Phi) is 6.18. The normalized spacial score (nSPS) is 14.5. The van der Waals surface area contributed by atoms with Crippen LogP contribution in [0.25, 0.3) is 11.3 Å². The second-order valence-electron chi connectivity index (χ2n) is 6.80. The number of ether oxygens (including phenoxy) is 1. The fraction of sp³-hybridized carbons (Fsp3) is 0.261. The van der Waals surface area contributed by atoms with Gasteiger partial charge in [-0.25, -0.2) is 0 Å². The van der Waals surface area contributed by atoms with E-state index < -0.39 is 0 Å². The number of hydrogen-bond acceptors (Lipinski definition) is 7. The summed E-state index contributed by atoms with van der Waals surface area (Å²) in [6.45, 7) is 10.0. The average Bonchev–Trinajstić information content (AvgIpc) is 2.95. The summed E-state index contributed by atoms with van der Waals surface area (Å²) >= 11 is 1.48. The third-order valence-corrected chi connectivity index (χ3v) is 5.82. The summed E-state index contributed by atoms with van der Waals surface area (Å²) in [5.41, 5.74) is 4.73. The summed E-state index contributed by atoms with van der Waals surface area (Å²) in [5, 5.41) is 12.7. The zero-order valence-electron chi connectivity index (χ0n) is 17.2. The van der Waals surface area contributed by atoms with Crippen molar-refractivity contribution in [2.45, 2.75) is 25.2 Å². The Morgan fingerprint density at radius 3 is 2.60 bits per heavy atom. The highest BCUT2D eigenvalue weighted by atomic mass is 32.2. The van der Waals surface area contributed by atoms with Crippen molar-refractivity contribution < 1.29 is 4.74 Å². The highest BCUT2D eigenvalue weighted by molar-refractivity contribution is 7.99. The molecule has 7 heteroatoms. The van der Waals surface area contributed by atoms with Crippen LogP contribution >= 0.6 is 11.8 Å². The van der Waals surface area contributed by atoms with Crippen LogP contribution < -0.4 is 15.0 Å². The second kappa shape index (κ2) is 9.17. The lowest BCUT2D eigenvalue weighted by Gasteiger charge is -2.23. The van der Waals surface area contributed by atoms with Gasteiger partial charge in [0.1, 0.15) is 0 Å². The molecule has 1 aromatic heterocycles. The van der Waals surface area contributed by atoms with Crippen LogP contribution in [0.5, 0.6) is 5.88 Å². The number of thioether (sulfide) groups is 1. The molecule has 0 saturated heterocycles. The molecule has 2 heterocycles. The molecular weight excluding hydrogens is 394 g/mol. The molecule has 0 saturated carbocycles. The predicted octanol–water partition coefficient (Wildman–Crippen LogP) is 5.17. The fourth-order valence-electron chi connectivity index (χ4n) is 3.44. The van der Waals surface area contributed by atoms with Crippen molar-refractivity contribution in [1.82, 2.24) is 15.2 Å². The van der Waals surface area contributed by atoms with Gasteiger partial charge in [-0.05, 0) is 32.0 Å². The number of nitrogens with one attached hydrogen (secondary N) is 1. The first-order chi connectivity index (χ1) is 14.7. The molecule has 0 bridgehead atoms. The number of rotatable bonds is 7. The molecule has 0 amide bonds. The Hall–Kier alpha value is -3.06. The highest BCUT2D eigenvalue weighted by Gasteiger charge is 2.26. The zero-order valence-corrected chi connectivity index (χ0v) is 18.0. The first kappa shape index (κ1) is 20.2. The van der Waals surface area contributed by atoms with Gasteiger partial charge in [0.15, 0.2) is 11.9 Å². The molecule has 30 heavy (non-hydrogen) atoms. The van der Waals surface area contributed by atoms with E-state index in [2.05, 4.69) is 70.1 Å². The van der Waals surface area contributed by atoms with Crippen molar-refractivity contribution in [3.8, 4) is 17.1 Å². The van der Waals surface area contributed by atoms with E-state index in [1.165, 1.54) is 17.4 Å². The first-order valence-electron chi connectivity index (χ1n) is 10.1. The molecule has 0 aliphatic carbocycles. The number of anilines is 2. The quantitative estimate of drug-likeness (QED) is 0.419. The lowest BCUT2D eigenvalue weighted by molar-refractivity contribution is 0.225. The van der Waals surface area contributed by atoms with E-state index in [1.807, 2.05) is 30.3 Å². The molecule has 3 aromatic rings. The molecule has 1 N–H and O–H groups in total. The molecule has 0 fully saturated rings. The number of hydrogen-bond donors (Lipinski definition) is 1. The topological polar surface area (TPSA) is 63.2 Å². The Morgan fingerprint density at radius 1 is 1.10 bits per heavy atom. The molecular formula is C23H25N5OS. The van der Waals surface area contributed by atoms with E-state index >= 15 is 0 Å². The van der Waals surface area contributed by atoms with Crippen LogP contribution in [-0.4, -0.2) is 34.0 Å². The van der Waals surface area contributed by atoms with Crippen molar-refractivity contribution in [2.75, 3.05) is 29.1 Å². The van der Waals surface area contributed by atoms with Gasteiger partial charge in [0.2, 0.25) is 11.0 Å². The van der Waals surface area contributed by atoms with Crippen molar-refractivity contribution >= 4 is 23.1 Å². The van der Waals surface area contributed by atoms with Crippen LogP contribution in [0.3, 0.4) is 0 Å². The SMILES string of the molecule is C=CCSc1nnc2c(n1)O[C@@H](c1ccc(N(CC)CC)cc1)Nc1ccccc1-2. The molecule has 0 radical (unpaired) electrons. The summed E-state index contributed by atoms with van der Waals surface area (Å²) in [6, 6.07) is 16.5. The minimum absolute atomic E-state index is 0.382. The average molecular weight is 420 g/mol. The Labute approximate surface area is 181 Å². The Morgan fingerprint density at radius 2 is 1.87 bits per heavy atom. The van der Waals surface area contributed by atoms with E-state index in [-0.39, 0.29) is 6.23 Å². The third-order valence-electron chi connectivity index (χ3n) is 4.99. The minimum Gasteiger partial charge on any atom is -0.448 e. The maximum absolute atomic E-state index is 6.32. The van der Waals surface area contributed by atoms with Gasteiger partial charge in [0, 0.05) is 41.3 Å². The number of aromatic nitrogens is 3. The van der Waals surface area contributed by atoms with Crippen molar-refractivity contribution in [3.05, 3.63) is 66.7 Å². The van der Waals surface area contributed by atoms with Gasteiger partial charge >= 0.3 is 0 Å². The number of benzene rings is 2. The summed E-state index contributed by atoms with van der Waals surface area (Å²) in [7, 11) is 0. The van der Waals surface area contributed by atoms with E-state index in [4.69, 9.17) is 4.74 Å². The summed E-state index contributed by atoms with van der Waals surface area (Å²) in [5.74, 6) is 1.19. The minimum atomic E-state index is -0.382. The van der Waals surface area contributed by atoms with Gasteiger partial charge in [0.25, 0.3) is 0 Å². The molecule has 1 aliphatic rings. The monoisotopic (exact) mass is 419 g/mol. The molecule has 0 spiro atoms. The van der Waals surface area contributed by atoms with Crippen LogP contribution in [0.15, 0.2) is 66.3 Å². The first-order valence-corrected chi connectivity index (χ1v) is 11.1. The van der Waals surface area contributed by atoms with E-state index in [9.17, 15) is 0 Å². The maximum atomic E-state index is 6.32. The van der Waals surface area contributed by atoms with Crippen LogP contribution in [-0.2, 0) is 0 Å². The number of nitrogens with zero attached hydrogens (tertiary/aromatic N) is 4. The van der Waals surface area contributed by atoms with Gasteiger partial charge in [-0.3, -0.25) is 0 Å². The lowest BCUT2D eigenvalue weighted by Crippen LogP contribution is -2.22. The summed E-state index contributed by atoms with van der Waals surface area (Å²) in [6.07, 6.45) is 1.43. The van der Waals surface area contributed by atoms with E-state index in [1.54, 1.807) is 0 Å². The van der Waals surface area contributed by atoms with Crippen molar-refractivity contribution in [1.29, 1.82) is 0 Å². The van der Waals surface area contributed by atoms with Crippen molar-refractivity contribution in [2.24, 2.45) is 0 Å². The third kappa shape index (κ3) is 4.11. The second-order valence-corrected chi connectivity index (χ2v) is 7.79. The number of para-hydroxylation sites is 1. The molecule has 1 atom stereocenters. The zero-order chi connectivity index (χ0) is 20.9. The molecule has 0 unspecified atom stereocenters. The molecule has 1 aliphatic heterocycles. The lowest BCUT2D eigenvalue weighted by atomic mass is 10.1. The summed E-state index contributed by atoms with van der Waals surface area (Å²) < 4.78 is 6.32. The van der Waals surface area contributed by atoms with Gasteiger partial charge in [0.05, 0.1) is 0 Å². The van der Waals surface area contributed by atoms with Crippen LogP contribution in [0.4, 0.5) is 11.4 Å². The van der Waals surface area contributed by atoms with Gasteiger partial charge in [-0.1, -0.05) is 48.2 Å². The van der Waals surface area contributed by atoms with Crippen molar-refractivity contribution in [3.63, 3.8) is 0 Å². The fourth-order valence-corrected chi connectivity index (χ4v) is 3.95. The smallest absolute Gasteiger partial charge is 0.247 e. The Balaban J connectivity index is 1.71. The van der Waals surface area contributed by atoms with E-state index in [0.717, 1.165) is 29.9 Å². The van der Waals surface area contributed by atoms with Gasteiger partial charge in [-0.2, -0.15) is 4.98 Å². The number of fused-ring (bicyclic) bond motifs is 3. The standard InChI is InChI=1S/C23H25N5OS/c1-4-15-30-23-25-22-20(26-27-23)18-9-7-8-10-19(18)24-21(29-22)16-11-13-17(14-12-16)28(5-2)6-3/h4,7-14,21,24H,1,5-6,15H2,2-3H3/t21-/m0/s1. The van der Waals surface area contributed by atoms with Crippen LogP contribution in [0.1, 0.15) is 25.6 Å². The molecule has 154 valence electrons. The Bertz CT molecular complexity index is 1020. The van der Waals surface area contributed by atoms with Crippen LogP contribution in [0, 0.1) is 0 Å². The molecule has 2 aromatic carbocycles. The predicted molar refractivity (Wildman–Crippen MR) is 123 cm³/mol. The summed E-state index contributed by atoms with van der Waals surface area (Å²) in [4.78, 5) is 6.94. The molecule has 4 rings (SSSR count). The van der Waals surface area contributed by atoms with Gasteiger partial charge in [-0.15, -0.1) is 16.8 Å². The van der Waals surface area contributed by atoms with E-state index in [0.29, 0.717) is 22.5 Å². The maximum Gasteiger partial charge on any atom is 0.247 e. The van der Waals surface area contributed by atoms with Gasteiger partial charge < -0.3 is 15.0 Å².